The molecule has 0 rings (SSSR count). The Hall–Kier alpha value is -1.49. The molecule has 0 radical (unpaired) electrons. The van der Waals surface area contributed by atoms with Gasteiger partial charge in [-0.1, -0.05) is 19.3 Å². The molecule has 0 heterocycles. The molecule has 0 aromatic rings. The van der Waals surface area contributed by atoms with E-state index >= 15 is 0 Å². The minimum Gasteiger partial charge on any atom is -0.354 e. The Bertz CT molecular complexity index is 166. The van der Waals surface area contributed by atoms with Crippen LogP contribution in [0.1, 0.15) is 0 Å². The molecule has 0 unspecified atom stereocenters. The average molecular weight is 154 g/mol. The first-order valence-electron chi connectivity index (χ1n) is 2.03. The topological polar surface area (TPSA) is 27.7 Å². The summed E-state index contributed by atoms with van der Waals surface area (Å²) in [6, 6.07) is 0. The van der Waals surface area contributed by atoms with E-state index in [-0.39, 0.29) is 0 Å². The summed E-state index contributed by atoms with van der Waals surface area (Å²) in [6.07, 6.45) is 19.7. The van der Waals surface area contributed by atoms with Gasteiger partial charge in [-0.2, -0.15) is 0 Å². The molecule has 0 N–H and O–H groups in total. The lowest BCUT2D eigenvalue weighted by Gasteiger charge is -2.02. The highest BCUT2D eigenvalue weighted by Crippen LogP contribution is 2.37. The van der Waals surface area contributed by atoms with Crippen molar-refractivity contribution in [2.75, 3.05) is 0 Å². The van der Waals surface area contributed by atoms with Crippen LogP contribution in [0, 0.1) is 37.6 Å². The van der Waals surface area contributed by atoms with Gasteiger partial charge in [-0.05, 0) is 0 Å². The second kappa shape index (κ2) is 5.64. The molecule has 0 saturated heterocycles. The average Bonchev–Trinajstić information content (AvgIpc) is 1.90. The summed E-state index contributed by atoms with van der Waals surface area (Å²) in [5.74, 6) is 0. The van der Waals surface area contributed by atoms with Gasteiger partial charge in [0.25, 0.3) is 0 Å². The normalized spacial score (nSPS) is 6.60. The van der Waals surface area contributed by atoms with Crippen LogP contribution in [0.5, 0.6) is 0 Å². The third-order valence-corrected chi connectivity index (χ3v) is 1.15. The third kappa shape index (κ3) is 3.50. The van der Waals surface area contributed by atoms with Gasteiger partial charge in [0.15, 0.2) is 0 Å². The van der Waals surface area contributed by atoms with Crippen molar-refractivity contribution in [3.8, 4) is 37.6 Å². The van der Waals surface area contributed by atoms with Gasteiger partial charge in [0.2, 0.25) is 0 Å². The first-order chi connectivity index (χ1) is 4.85. The van der Waals surface area contributed by atoms with Gasteiger partial charge in [0.05, 0.1) is 0 Å². The second-order valence-corrected chi connectivity index (χ2v) is 1.85. The lowest BCUT2D eigenvalue weighted by atomic mass is 11.3. The van der Waals surface area contributed by atoms with Gasteiger partial charge in [0.1, 0.15) is 18.3 Å². The Labute approximate surface area is 60.7 Å². The van der Waals surface area contributed by atoms with Gasteiger partial charge < -0.3 is 13.6 Å². The molecule has 3 nitrogen and oxygen atoms in total. The second-order valence-electron chi connectivity index (χ2n) is 0.851. The van der Waals surface area contributed by atoms with Crippen LogP contribution in [0.15, 0.2) is 0 Å². The summed E-state index contributed by atoms with van der Waals surface area (Å²) < 4.78 is 13.2. The van der Waals surface area contributed by atoms with E-state index in [0.717, 1.165) is 0 Å². The summed E-state index contributed by atoms with van der Waals surface area (Å²) in [5, 5.41) is 0. The standard InChI is InChI=1S/C6H3O3P/c1-4-7-10(8-5-2)9-6-3/h1-3H. The molecule has 0 spiro atoms. The van der Waals surface area contributed by atoms with Crippen LogP contribution in [0.25, 0.3) is 0 Å². The van der Waals surface area contributed by atoms with E-state index in [9.17, 15) is 0 Å². The van der Waals surface area contributed by atoms with Crippen LogP contribution < -0.4 is 0 Å². The molecule has 0 aromatic carbocycles. The molecule has 0 aliphatic carbocycles. The summed E-state index contributed by atoms with van der Waals surface area (Å²) >= 11 is 0. The number of hydrogen-bond acceptors (Lipinski definition) is 3. The molecule has 0 amide bonds. The van der Waals surface area contributed by atoms with Gasteiger partial charge in [-0.15, -0.1) is 0 Å². The first kappa shape index (κ1) is 8.51. The molecule has 0 aliphatic heterocycles. The van der Waals surface area contributed by atoms with Gasteiger partial charge >= 0.3 is 8.60 Å². The predicted octanol–water partition coefficient (Wildman–Crippen LogP) is 1.04. The molecule has 0 bridgehead atoms. The van der Waals surface area contributed by atoms with Crippen molar-refractivity contribution < 1.29 is 13.6 Å². The van der Waals surface area contributed by atoms with Gasteiger partial charge in [-0.25, -0.2) is 0 Å². The van der Waals surface area contributed by atoms with Crippen LogP contribution in [0.4, 0.5) is 0 Å². The fourth-order valence-corrected chi connectivity index (χ4v) is 0.555. The summed E-state index contributed by atoms with van der Waals surface area (Å²) in [5.41, 5.74) is 0. The summed E-state index contributed by atoms with van der Waals surface area (Å²) in [6.45, 7) is 0. The molecule has 0 fully saturated rings. The van der Waals surface area contributed by atoms with Crippen molar-refractivity contribution in [3.63, 3.8) is 0 Å². The van der Waals surface area contributed by atoms with Crippen LogP contribution in [-0.2, 0) is 13.6 Å². The first-order valence-corrected chi connectivity index (χ1v) is 3.12. The quantitative estimate of drug-likeness (QED) is 0.449. The molecule has 0 saturated carbocycles. The lowest BCUT2D eigenvalue weighted by Crippen LogP contribution is -1.81. The minimum atomic E-state index is -1.77. The maximum atomic E-state index is 4.74. The van der Waals surface area contributed by atoms with Crippen molar-refractivity contribution >= 4 is 8.60 Å². The van der Waals surface area contributed by atoms with E-state index in [0.29, 0.717) is 0 Å². The van der Waals surface area contributed by atoms with Crippen LogP contribution in [0.2, 0.25) is 0 Å². The largest absolute Gasteiger partial charge is 0.557 e. The van der Waals surface area contributed by atoms with Crippen LogP contribution >= 0.6 is 8.60 Å². The monoisotopic (exact) mass is 154 g/mol. The molecule has 0 aromatic heterocycles. The molecule has 4 heteroatoms. The minimum absolute atomic E-state index is 1.77. The van der Waals surface area contributed by atoms with E-state index < -0.39 is 8.60 Å². The zero-order valence-corrected chi connectivity index (χ0v) is 5.80. The van der Waals surface area contributed by atoms with E-state index in [1.165, 1.54) is 0 Å². The molecule has 50 valence electrons. The fraction of sp³-hybridized carbons (Fsp3) is 0. The summed E-state index contributed by atoms with van der Waals surface area (Å²) in [4.78, 5) is 0. The Morgan fingerprint density at radius 1 is 0.800 bits per heavy atom. The zero-order valence-electron chi connectivity index (χ0n) is 4.90. The highest BCUT2D eigenvalue weighted by molar-refractivity contribution is 7.42. The lowest BCUT2D eigenvalue weighted by molar-refractivity contribution is 0.341. The van der Waals surface area contributed by atoms with Gasteiger partial charge in [0, 0.05) is 0 Å². The molecule has 0 atom stereocenters. The van der Waals surface area contributed by atoms with Crippen LogP contribution in [-0.4, -0.2) is 0 Å². The van der Waals surface area contributed by atoms with E-state index in [1.807, 2.05) is 18.3 Å². The van der Waals surface area contributed by atoms with E-state index in [2.05, 4.69) is 13.6 Å². The third-order valence-electron chi connectivity index (χ3n) is 0.382. The number of hydrogen-bond donors (Lipinski definition) is 0. The van der Waals surface area contributed by atoms with Crippen LogP contribution in [0.3, 0.4) is 0 Å². The Morgan fingerprint density at radius 3 is 1.30 bits per heavy atom. The fourth-order valence-electron chi connectivity index (χ4n) is 0.185. The molecule has 10 heavy (non-hydrogen) atoms. The maximum absolute atomic E-state index is 4.74. The molecule has 0 aliphatic rings. The summed E-state index contributed by atoms with van der Waals surface area (Å²) in [7, 11) is -1.77. The van der Waals surface area contributed by atoms with E-state index in [1.54, 1.807) is 0 Å². The molecular formula is C6H3O3P. The number of terminal acetylenes is 3. The SMILES string of the molecule is C#COP(OC#C)OC#C. The van der Waals surface area contributed by atoms with Crippen molar-refractivity contribution in [1.29, 1.82) is 0 Å². The highest BCUT2D eigenvalue weighted by atomic mass is 31.2. The Balaban J connectivity index is 3.68. The van der Waals surface area contributed by atoms with E-state index in [4.69, 9.17) is 19.3 Å². The zero-order chi connectivity index (χ0) is 7.82. The smallest absolute Gasteiger partial charge is 0.354 e. The number of rotatable bonds is 3. The van der Waals surface area contributed by atoms with Crippen molar-refractivity contribution in [2.45, 2.75) is 0 Å². The van der Waals surface area contributed by atoms with Crippen molar-refractivity contribution in [2.24, 2.45) is 0 Å². The predicted molar refractivity (Wildman–Crippen MR) is 36.7 cm³/mol. The highest BCUT2D eigenvalue weighted by Gasteiger charge is 2.12. The maximum Gasteiger partial charge on any atom is 0.557 e. The Morgan fingerprint density at radius 2 is 1.10 bits per heavy atom. The van der Waals surface area contributed by atoms with Crippen molar-refractivity contribution in [1.82, 2.24) is 0 Å². The van der Waals surface area contributed by atoms with Gasteiger partial charge in [-0.3, -0.25) is 0 Å². The van der Waals surface area contributed by atoms with Crippen molar-refractivity contribution in [3.05, 3.63) is 0 Å². The molecular weight excluding hydrogens is 151 g/mol. The Kier molecular flexibility index (Phi) is 4.80.